The molecule has 0 aromatic carbocycles. The van der Waals surface area contributed by atoms with E-state index in [1.807, 2.05) is 10.9 Å². The maximum atomic E-state index is 12.7. The molecule has 0 N–H and O–H groups in total. The van der Waals surface area contributed by atoms with Crippen molar-refractivity contribution >= 4 is 16.6 Å². The summed E-state index contributed by atoms with van der Waals surface area (Å²) >= 11 is 0. The number of carbonyl (C=O) groups is 1. The first-order valence-corrected chi connectivity index (χ1v) is 9.12. The van der Waals surface area contributed by atoms with Gasteiger partial charge in [-0.1, -0.05) is 6.42 Å². The highest BCUT2D eigenvalue weighted by Crippen LogP contribution is 2.38. The Morgan fingerprint density at radius 3 is 2.43 bits per heavy atom. The topological polar surface area (TPSA) is 52.0 Å². The molecule has 3 rings (SSSR count). The number of nitrogens with zero attached hydrogens (tertiary/aromatic N) is 2. The SMILES string of the molecule is CC(C)(C)n1cc(C(=O)C2CC3CCCC(C2)S3=O)cn1. The van der Waals surface area contributed by atoms with Gasteiger partial charge in [-0.05, 0) is 46.5 Å². The van der Waals surface area contributed by atoms with E-state index in [1.54, 1.807) is 6.20 Å². The molecule has 0 spiro atoms. The summed E-state index contributed by atoms with van der Waals surface area (Å²) in [4.78, 5) is 12.7. The highest BCUT2D eigenvalue weighted by Gasteiger charge is 2.40. The average Bonchev–Trinajstić information content (AvgIpc) is 2.86. The van der Waals surface area contributed by atoms with Gasteiger partial charge in [0.2, 0.25) is 0 Å². The summed E-state index contributed by atoms with van der Waals surface area (Å²) in [6.07, 6.45) is 8.36. The molecule has 2 aliphatic heterocycles. The minimum absolute atomic E-state index is 0.0376. The van der Waals surface area contributed by atoms with Gasteiger partial charge >= 0.3 is 0 Å². The molecule has 2 bridgehead atoms. The largest absolute Gasteiger partial charge is 0.294 e. The van der Waals surface area contributed by atoms with Gasteiger partial charge in [-0.3, -0.25) is 13.7 Å². The molecule has 0 radical (unpaired) electrons. The molecule has 2 aliphatic rings. The molecule has 5 heteroatoms. The van der Waals surface area contributed by atoms with Crippen molar-refractivity contribution in [3.8, 4) is 0 Å². The second-order valence-electron chi connectivity index (χ2n) is 7.38. The minimum atomic E-state index is -0.712. The maximum Gasteiger partial charge on any atom is 0.169 e. The smallest absolute Gasteiger partial charge is 0.169 e. The Morgan fingerprint density at radius 2 is 1.90 bits per heavy atom. The quantitative estimate of drug-likeness (QED) is 0.789. The maximum absolute atomic E-state index is 12.7. The van der Waals surface area contributed by atoms with E-state index in [4.69, 9.17) is 0 Å². The highest BCUT2D eigenvalue weighted by molar-refractivity contribution is 7.86. The van der Waals surface area contributed by atoms with E-state index in [9.17, 15) is 9.00 Å². The predicted molar refractivity (Wildman–Crippen MR) is 83.8 cm³/mol. The molecule has 2 unspecified atom stereocenters. The van der Waals surface area contributed by atoms with E-state index < -0.39 is 10.8 Å². The van der Waals surface area contributed by atoms with Gasteiger partial charge in [-0.15, -0.1) is 0 Å². The van der Waals surface area contributed by atoms with Gasteiger partial charge in [0.25, 0.3) is 0 Å². The molecule has 21 heavy (non-hydrogen) atoms. The van der Waals surface area contributed by atoms with E-state index in [1.165, 1.54) is 6.42 Å². The number of hydrogen-bond acceptors (Lipinski definition) is 3. The fourth-order valence-electron chi connectivity index (χ4n) is 3.50. The second kappa shape index (κ2) is 5.34. The van der Waals surface area contributed by atoms with Crippen LogP contribution >= 0.6 is 0 Å². The molecule has 1 aromatic rings. The van der Waals surface area contributed by atoms with E-state index in [0.29, 0.717) is 5.56 Å². The standard InChI is InChI=1S/C16H24N2O2S/c1-16(2,3)18-10-12(9-17-18)15(19)11-7-13-5-4-6-14(8-11)21(13)20/h9-11,13-14H,4-8H2,1-3H3. The summed E-state index contributed by atoms with van der Waals surface area (Å²) < 4.78 is 14.1. The van der Waals surface area contributed by atoms with Gasteiger partial charge in [0.1, 0.15) is 0 Å². The Labute approximate surface area is 128 Å². The van der Waals surface area contributed by atoms with Crippen molar-refractivity contribution in [1.29, 1.82) is 0 Å². The zero-order chi connectivity index (χ0) is 15.2. The summed E-state index contributed by atoms with van der Waals surface area (Å²) in [6.45, 7) is 6.22. The molecule has 0 amide bonds. The third kappa shape index (κ3) is 2.85. The van der Waals surface area contributed by atoms with Gasteiger partial charge in [-0.25, -0.2) is 0 Å². The Kier molecular flexibility index (Phi) is 3.80. The molecule has 2 fully saturated rings. The first-order valence-electron chi connectivity index (χ1n) is 7.85. The normalized spacial score (nSPS) is 32.9. The summed E-state index contributed by atoms with van der Waals surface area (Å²) in [7, 11) is -0.712. The lowest BCUT2D eigenvalue weighted by Crippen LogP contribution is -2.41. The van der Waals surface area contributed by atoms with Crippen molar-refractivity contribution in [1.82, 2.24) is 9.78 Å². The van der Waals surface area contributed by atoms with E-state index in [0.717, 1.165) is 25.7 Å². The Bertz CT molecular complexity index is 557. The minimum Gasteiger partial charge on any atom is -0.294 e. The molecule has 2 atom stereocenters. The van der Waals surface area contributed by atoms with Crippen LogP contribution in [0.3, 0.4) is 0 Å². The summed E-state index contributed by atoms with van der Waals surface area (Å²) in [5.41, 5.74) is 0.601. The molecule has 0 aliphatic carbocycles. The third-order valence-corrected chi connectivity index (χ3v) is 6.90. The number of rotatable bonds is 2. The van der Waals surface area contributed by atoms with Gasteiger partial charge in [0, 0.05) is 33.4 Å². The predicted octanol–water partition coefficient (Wildman–Crippen LogP) is 2.90. The van der Waals surface area contributed by atoms with Crippen LogP contribution in [0.15, 0.2) is 12.4 Å². The lowest BCUT2D eigenvalue weighted by atomic mass is 9.85. The van der Waals surface area contributed by atoms with Crippen LogP contribution in [0, 0.1) is 5.92 Å². The van der Waals surface area contributed by atoms with Gasteiger partial charge in [0.05, 0.1) is 17.3 Å². The molecule has 1 aromatic heterocycles. The molecular weight excluding hydrogens is 284 g/mol. The van der Waals surface area contributed by atoms with Crippen LogP contribution in [0.1, 0.15) is 63.2 Å². The van der Waals surface area contributed by atoms with E-state index >= 15 is 0 Å². The van der Waals surface area contributed by atoms with Gasteiger partial charge < -0.3 is 0 Å². The number of fused-ring (bicyclic) bond motifs is 2. The van der Waals surface area contributed by atoms with Gasteiger partial charge in [0.15, 0.2) is 5.78 Å². The Balaban J connectivity index is 1.77. The Morgan fingerprint density at radius 1 is 1.29 bits per heavy atom. The fraction of sp³-hybridized carbons (Fsp3) is 0.750. The number of Topliss-reactive ketones (excluding diaryl/α,β-unsaturated/α-hetero) is 1. The van der Waals surface area contributed by atoms with Crippen LogP contribution < -0.4 is 0 Å². The molecule has 4 nitrogen and oxygen atoms in total. The third-order valence-electron chi connectivity index (χ3n) is 4.73. The molecule has 0 saturated carbocycles. The zero-order valence-corrected chi connectivity index (χ0v) is 13.9. The summed E-state index contributed by atoms with van der Waals surface area (Å²) in [5.74, 6) is 0.231. The Hall–Kier alpha value is -0.970. The summed E-state index contributed by atoms with van der Waals surface area (Å²) in [6, 6.07) is 0. The van der Waals surface area contributed by atoms with Crippen LogP contribution in [0.25, 0.3) is 0 Å². The first kappa shape index (κ1) is 14.9. The first-order chi connectivity index (χ1) is 9.86. The van der Waals surface area contributed by atoms with Crippen molar-refractivity contribution < 1.29 is 9.00 Å². The molecule has 2 saturated heterocycles. The zero-order valence-electron chi connectivity index (χ0n) is 13.0. The van der Waals surface area contributed by atoms with E-state index in [2.05, 4.69) is 25.9 Å². The number of aromatic nitrogens is 2. The van der Waals surface area contributed by atoms with Crippen molar-refractivity contribution in [3.63, 3.8) is 0 Å². The van der Waals surface area contributed by atoms with Crippen LogP contribution in [-0.4, -0.2) is 30.3 Å². The van der Waals surface area contributed by atoms with Crippen molar-refractivity contribution in [3.05, 3.63) is 18.0 Å². The number of carbonyl (C=O) groups excluding carboxylic acids is 1. The molecule has 3 heterocycles. The van der Waals surface area contributed by atoms with Crippen molar-refractivity contribution in [2.24, 2.45) is 5.92 Å². The highest BCUT2D eigenvalue weighted by atomic mass is 32.2. The monoisotopic (exact) mass is 308 g/mol. The van der Waals surface area contributed by atoms with Crippen LogP contribution in [0.5, 0.6) is 0 Å². The lowest BCUT2D eigenvalue weighted by molar-refractivity contribution is 0.0895. The van der Waals surface area contributed by atoms with Crippen molar-refractivity contribution in [2.45, 2.75) is 68.9 Å². The van der Waals surface area contributed by atoms with Gasteiger partial charge in [-0.2, -0.15) is 5.10 Å². The fourth-order valence-corrected chi connectivity index (χ4v) is 5.69. The number of ketones is 1. The molecule has 116 valence electrons. The van der Waals surface area contributed by atoms with Crippen LogP contribution in [-0.2, 0) is 16.3 Å². The second-order valence-corrected chi connectivity index (χ2v) is 9.37. The average molecular weight is 308 g/mol. The van der Waals surface area contributed by atoms with E-state index in [-0.39, 0.29) is 27.7 Å². The van der Waals surface area contributed by atoms with Crippen LogP contribution in [0.2, 0.25) is 0 Å². The van der Waals surface area contributed by atoms with Crippen molar-refractivity contribution in [2.75, 3.05) is 0 Å². The summed E-state index contributed by atoms with van der Waals surface area (Å²) in [5, 5.41) is 4.81. The number of hydrogen-bond donors (Lipinski definition) is 0. The lowest BCUT2D eigenvalue weighted by Gasteiger charge is -2.37. The molecular formula is C16H24N2O2S. The van der Waals surface area contributed by atoms with Crippen LogP contribution in [0.4, 0.5) is 0 Å².